The molecule has 1 heterocycles. The summed E-state index contributed by atoms with van der Waals surface area (Å²) in [5, 5.41) is 9.22. The number of thioether (sulfide) groups is 1. The van der Waals surface area contributed by atoms with E-state index < -0.39 is 12.0 Å². The number of carbonyl (C=O) groups is 2. The molecule has 20 heavy (non-hydrogen) atoms. The lowest BCUT2D eigenvalue weighted by molar-refractivity contribution is -0.141. The molecular weight excluding hydrogens is 342 g/mol. The maximum absolute atomic E-state index is 12.7. The molecule has 1 amide bonds. The Bertz CT molecular complexity index is 535. The van der Waals surface area contributed by atoms with Crippen molar-refractivity contribution in [1.29, 1.82) is 0 Å². The van der Waals surface area contributed by atoms with Crippen molar-refractivity contribution in [2.24, 2.45) is 5.92 Å². The Labute approximate surface area is 130 Å². The Morgan fingerprint density at radius 1 is 1.45 bits per heavy atom. The number of amides is 1. The van der Waals surface area contributed by atoms with Crippen LogP contribution in [0.4, 0.5) is 0 Å². The van der Waals surface area contributed by atoms with E-state index in [2.05, 4.69) is 15.9 Å². The highest BCUT2D eigenvalue weighted by Crippen LogP contribution is 2.35. The highest BCUT2D eigenvalue weighted by atomic mass is 79.9. The molecule has 0 aliphatic carbocycles. The molecule has 0 saturated carbocycles. The van der Waals surface area contributed by atoms with Gasteiger partial charge in [0.15, 0.2) is 0 Å². The Balaban J connectivity index is 2.34. The minimum absolute atomic E-state index is 0.0948. The van der Waals surface area contributed by atoms with Gasteiger partial charge in [-0.2, -0.15) is 0 Å². The third-order valence-electron chi connectivity index (χ3n) is 3.20. The normalized spacial score (nSPS) is 22.3. The second-order valence-electron chi connectivity index (χ2n) is 5.04. The van der Waals surface area contributed by atoms with Gasteiger partial charge < -0.3 is 10.0 Å². The van der Waals surface area contributed by atoms with Crippen LogP contribution in [0.3, 0.4) is 0 Å². The molecule has 4 nitrogen and oxygen atoms in total. The molecular formula is C14H16BrNO3S. The zero-order valence-electron chi connectivity index (χ0n) is 11.2. The highest BCUT2D eigenvalue weighted by molar-refractivity contribution is 9.10. The van der Waals surface area contributed by atoms with Crippen LogP contribution in [0.25, 0.3) is 0 Å². The first-order chi connectivity index (χ1) is 9.41. The molecule has 0 aromatic heterocycles. The largest absolute Gasteiger partial charge is 0.480 e. The van der Waals surface area contributed by atoms with E-state index in [9.17, 15) is 14.7 Å². The van der Waals surface area contributed by atoms with Gasteiger partial charge in [-0.3, -0.25) is 4.79 Å². The Kier molecular flexibility index (Phi) is 4.75. The van der Waals surface area contributed by atoms with Gasteiger partial charge in [0.25, 0.3) is 5.91 Å². The van der Waals surface area contributed by atoms with Gasteiger partial charge in [0.05, 0.1) is 5.37 Å². The Morgan fingerprint density at radius 3 is 2.70 bits per heavy atom. The topological polar surface area (TPSA) is 57.6 Å². The van der Waals surface area contributed by atoms with E-state index in [0.29, 0.717) is 11.3 Å². The lowest BCUT2D eigenvalue weighted by Crippen LogP contribution is -2.47. The standard InChI is InChI=1S/C14H16BrNO3S/c1-8(2)13-16(11(7-20-13)14(18)19)12(17)9-4-3-5-10(15)6-9/h3-6,8,11,13H,7H2,1-2H3,(H,18,19). The fourth-order valence-electron chi connectivity index (χ4n) is 2.26. The number of benzene rings is 1. The molecule has 2 rings (SSSR count). The van der Waals surface area contributed by atoms with Gasteiger partial charge in [-0.05, 0) is 24.1 Å². The van der Waals surface area contributed by atoms with E-state index in [4.69, 9.17) is 0 Å². The number of nitrogens with zero attached hydrogens (tertiary/aromatic N) is 1. The average molecular weight is 358 g/mol. The van der Waals surface area contributed by atoms with Gasteiger partial charge in [-0.15, -0.1) is 11.8 Å². The van der Waals surface area contributed by atoms with Crippen molar-refractivity contribution in [2.75, 3.05) is 5.75 Å². The predicted molar refractivity (Wildman–Crippen MR) is 82.8 cm³/mol. The maximum Gasteiger partial charge on any atom is 0.327 e. The van der Waals surface area contributed by atoms with Gasteiger partial charge in [0.1, 0.15) is 6.04 Å². The molecule has 2 unspecified atom stereocenters. The number of rotatable bonds is 3. The van der Waals surface area contributed by atoms with E-state index in [-0.39, 0.29) is 17.2 Å². The maximum atomic E-state index is 12.7. The zero-order chi connectivity index (χ0) is 14.9. The summed E-state index contributed by atoms with van der Waals surface area (Å²) < 4.78 is 0.808. The molecule has 0 radical (unpaired) electrons. The number of hydrogen-bond acceptors (Lipinski definition) is 3. The summed E-state index contributed by atoms with van der Waals surface area (Å²) in [5.41, 5.74) is 0.513. The molecule has 0 spiro atoms. The molecule has 1 fully saturated rings. The van der Waals surface area contributed by atoms with Gasteiger partial charge >= 0.3 is 5.97 Å². The molecule has 1 saturated heterocycles. The van der Waals surface area contributed by atoms with E-state index in [1.54, 1.807) is 18.2 Å². The molecule has 6 heteroatoms. The number of carboxylic acids is 1. The lowest BCUT2D eigenvalue weighted by atomic mass is 10.1. The number of halogens is 1. The highest BCUT2D eigenvalue weighted by Gasteiger charge is 2.43. The van der Waals surface area contributed by atoms with Crippen molar-refractivity contribution in [3.8, 4) is 0 Å². The van der Waals surface area contributed by atoms with Crippen LogP contribution in [-0.2, 0) is 4.79 Å². The van der Waals surface area contributed by atoms with Crippen LogP contribution in [0.1, 0.15) is 24.2 Å². The van der Waals surface area contributed by atoms with Crippen LogP contribution in [0, 0.1) is 5.92 Å². The summed E-state index contributed by atoms with van der Waals surface area (Å²) >= 11 is 4.87. The molecule has 2 atom stereocenters. The average Bonchev–Trinajstić information content (AvgIpc) is 2.82. The summed E-state index contributed by atoms with van der Waals surface area (Å²) in [6, 6.07) is 6.30. The van der Waals surface area contributed by atoms with Crippen molar-refractivity contribution in [2.45, 2.75) is 25.3 Å². The van der Waals surface area contributed by atoms with Crippen LogP contribution in [0.2, 0.25) is 0 Å². The monoisotopic (exact) mass is 357 g/mol. The number of carboxylic acid groups (broad SMARTS) is 1. The number of aliphatic carboxylic acids is 1. The quantitative estimate of drug-likeness (QED) is 0.902. The lowest BCUT2D eigenvalue weighted by Gasteiger charge is -2.29. The third kappa shape index (κ3) is 3.01. The number of hydrogen-bond donors (Lipinski definition) is 1. The van der Waals surface area contributed by atoms with Crippen molar-refractivity contribution in [3.05, 3.63) is 34.3 Å². The van der Waals surface area contributed by atoms with Crippen molar-refractivity contribution >= 4 is 39.6 Å². The molecule has 0 bridgehead atoms. The molecule has 1 aromatic carbocycles. The van der Waals surface area contributed by atoms with E-state index in [1.165, 1.54) is 16.7 Å². The van der Waals surface area contributed by atoms with E-state index in [1.807, 2.05) is 19.9 Å². The van der Waals surface area contributed by atoms with Gasteiger partial charge in [0, 0.05) is 15.8 Å². The van der Waals surface area contributed by atoms with Crippen LogP contribution < -0.4 is 0 Å². The SMILES string of the molecule is CC(C)C1SCC(C(=O)O)N1C(=O)c1cccc(Br)c1. The molecule has 1 aliphatic rings. The Morgan fingerprint density at radius 2 is 2.15 bits per heavy atom. The fourth-order valence-corrected chi connectivity index (χ4v) is 4.13. The first-order valence-electron chi connectivity index (χ1n) is 6.34. The molecule has 1 N–H and O–H groups in total. The van der Waals surface area contributed by atoms with Crippen LogP contribution in [0.5, 0.6) is 0 Å². The van der Waals surface area contributed by atoms with Crippen LogP contribution in [-0.4, -0.2) is 39.1 Å². The van der Waals surface area contributed by atoms with E-state index >= 15 is 0 Å². The summed E-state index contributed by atoms with van der Waals surface area (Å²) in [7, 11) is 0. The molecule has 1 aromatic rings. The minimum atomic E-state index is -0.941. The van der Waals surface area contributed by atoms with Crippen molar-refractivity contribution in [1.82, 2.24) is 4.90 Å². The van der Waals surface area contributed by atoms with Gasteiger partial charge in [0.2, 0.25) is 0 Å². The van der Waals surface area contributed by atoms with Crippen molar-refractivity contribution < 1.29 is 14.7 Å². The first-order valence-corrected chi connectivity index (χ1v) is 8.18. The second-order valence-corrected chi connectivity index (χ2v) is 7.11. The summed E-state index contributed by atoms with van der Waals surface area (Å²) in [5.74, 6) is -0.510. The minimum Gasteiger partial charge on any atom is -0.480 e. The summed E-state index contributed by atoms with van der Waals surface area (Å²) in [6.07, 6.45) is 0. The summed E-state index contributed by atoms with van der Waals surface area (Å²) in [6.45, 7) is 4.01. The van der Waals surface area contributed by atoms with Gasteiger partial charge in [-0.25, -0.2) is 4.79 Å². The zero-order valence-corrected chi connectivity index (χ0v) is 13.6. The third-order valence-corrected chi connectivity index (χ3v) is 5.31. The van der Waals surface area contributed by atoms with Crippen molar-refractivity contribution in [3.63, 3.8) is 0 Å². The fraction of sp³-hybridized carbons (Fsp3) is 0.429. The Hall–Kier alpha value is -1.01. The first kappa shape index (κ1) is 15.4. The number of carbonyl (C=O) groups excluding carboxylic acids is 1. The smallest absolute Gasteiger partial charge is 0.327 e. The molecule has 1 aliphatic heterocycles. The van der Waals surface area contributed by atoms with Crippen LogP contribution >= 0.6 is 27.7 Å². The predicted octanol–water partition coefficient (Wildman–Crippen LogP) is 3.07. The summed E-state index contributed by atoms with van der Waals surface area (Å²) in [4.78, 5) is 25.5. The second kappa shape index (κ2) is 6.18. The van der Waals surface area contributed by atoms with E-state index in [0.717, 1.165) is 4.47 Å². The van der Waals surface area contributed by atoms with Crippen LogP contribution in [0.15, 0.2) is 28.7 Å². The molecule has 108 valence electrons. The van der Waals surface area contributed by atoms with Gasteiger partial charge in [-0.1, -0.05) is 35.8 Å².